The molecule has 0 aliphatic heterocycles. The normalized spacial score (nSPS) is 21.1. The number of carboxylic acids is 1. The first-order chi connectivity index (χ1) is 12.7. The third-order valence-corrected chi connectivity index (χ3v) is 5.31. The highest BCUT2D eigenvalue weighted by Gasteiger charge is 2.27. The molecular formula is C22H27NO3. The highest BCUT2D eigenvalue weighted by molar-refractivity contribution is 5.70. The van der Waals surface area contributed by atoms with E-state index in [0.29, 0.717) is 6.04 Å². The summed E-state index contributed by atoms with van der Waals surface area (Å²) in [6.45, 7) is 0. The average Bonchev–Trinajstić information content (AvgIpc) is 2.69. The van der Waals surface area contributed by atoms with E-state index in [0.717, 1.165) is 37.9 Å². The van der Waals surface area contributed by atoms with Crippen molar-refractivity contribution in [1.29, 1.82) is 0 Å². The van der Waals surface area contributed by atoms with Crippen molar-refractivity contribution in [3.63, 3.8) is 0 Å². The largest absolute Gasteiger partial charge is 0.497 e. The zero-order valence-electron chi connectivity index (χ0n) is 15.2. The number of rotatable bonds is 7. The molecule has 0 heterocycles. The smallest absolute Gasteiger partial charge is 0.306 e. The van der Waals surface area contributed by atoms with E-state index in [9.17, 15) is 9.90 Å². The first-order valence-electron chi connectivity index (χ1n) is 9.32. The van der Waals surface area contributed by atoms with Crippen molar-refractivity contribution in [2.75, 3.05) is 7.11 Å². The van der Waals surface area contributed by atoms with Crippen LogP contribution in [0.25, 0.3) is 0 Å². The van der Waals surface area contributed by atoms with Crippen LogP contribution in [-0.2, 0) is 11.2 Å². The molecule has 0 aromatic heterocycles. The van der Waals surface area contributed by atoms with Crippen LogP contribution >= 0.6 is 0 Å². The van der Waals surface area contributed by atoms with Gasteiger partial charge in [-0.05, 0) is 55.4 Å². The summed E-state index contributed by atoms with van der Waals surface area (Å²) in [5.74, 6) is 0.0234. The second kappa shape index (κ2) is 8.86. The van der Waals surface area contributed by atoms with E-state index < -0.39 is 5.97 Å². The third-order valence-electron chi connectivity index (χ3n) is 5.31. The number of methoxy groups -OCH3 is 1. The van der Waals surface area contributed by atoms with Crippen LogP contribution < -0.4 is 10.1 Å². The summed E-state index contributed by atoms with van der Waals surface area (Å²) in [5, 5.41) is 13.0. The fourth-order valence-corrected chi connectivity index (χ4v) is 3.75. The zero-order chi connectivity index (χ0) is 18.4. The molecule has 2 aromatic carbocycles. The van der Waals surface area contributed by atoms with Crippen LogP contribution in [0.2, 0.25) is 0 Å². The molecule has 138 valence electrons. The number of carbonyl (C=O) groups is 1. The molecule has 4 nitrogen and oxygen atoms in total. The van der Waals surface area contributed by atoms with Gasteiger partial charge in [0.05, 0.1) is 13.0 Å². The van der Waals surface area contributed by atoms with E-state index in [1.165, 1.54) is 11.1 Å². The number of ether oxygens (including phenoxy) is 1. The number of hydrogen-bond acceptors (Lipinski definition) is 3. The average molecular weight is 353 g/mol. The molecule has 0 saturated heterocycles. The fraction of sp³-hybridized carbons (Fsp3) is 0.409. The Morgan fingerprint density at radius 2 is 1.73 bits per heavy atom. The summed E-state index contributed by atoms with van der Waals surface area (Å²) in [4.78, 5) is 11.2. The molecule has 0 spiro atoms. The lowest BCUT2D eigenvalue weighted by Crippen LogP contribution is -2.38. The molecule has 1 saturated carbocycles. The molecule has 26 heavy (non-hydrogen) atoms. The van der Waals surface area contributed by atoms with Crippen LogP contribution in [0.1, 0.15) is 42.9 Å². The number of carboxylic acid groups (broad SMARTS) is 1. The quantitative estimate of drug-likeness (QED) is 0.783. The van der Waals surface area contributed by atoms with Crippen molar-refractivity contribution in [2.24, 2.45) is 5.92 Å². The van der Waals surface area contributed by atoms with Crippen molar-refractivity contribution in [3.05, 3.63) is 65.7 Å². The fourth-order valence-electron chi connectivity index (χ4n) is 3.75. The molecule has 0 amide bonds. The summed E-state index contributed by atoms with van der Waals surface area (Å²) in [5.41, 5.74) is 2.52. The molecular weight excluding hydrogens is 326 g/mol. The van der Waals surface area contributed by atoms with Crippen molar-refractivity contribution in [1.82, 2.24) is 5.32 Å². The van der Waals surface area contributed by atoms with Crippen molar-refractivity contribution < 1.29 is 14.6 Å². The first kappa shape index (κ1) is 18.5. The van der Waals surface area contributed by atoms with E-state index in [4.69, 9.17) is 4.74 Å². The van der Waals surface area contributed by atoms with Gasteiger partial charge in [0, 0.05) is 12.1 Å². The van der Waals surface area contributed by atoms with Crippen LogP contribution in [0, 0.1) is 5.92 Å². The lowest BCUT2D eigenvalue weighted by atomic mass is 9.85. The van der Waals surface area contributed by atoms with Gasteiger partial charge in [-0.25, -0.2) is 0 Å². The maximum atomic E-state index is 11.2. The number of benzene rings is 2. The SMILES string of the molecule is COc1ccc(C(Cc2ccccc2)NC2CCC(C(=O)O)CC2)cc1. The molecule has 1 fully saturated rings. The van der Waals surface area contributed by atoms with Crippen LogP contribution in [0.4, 0.5) is 0 Å². The summed E-state index contributed by atoms with van der Waals surface area (Å²) >= 11 is 0. The molecule has 1 aliphatic rings. The predicted octanol–water partition coefficient (Wildman–Crippen LogP) is 4.21. The van der Waals surface area contributed by atoms with E-state index in [1.807, 2.05) is 18.2 Å². The second-order valence-electron chi connectivity index (χ2n) is 7.07. The lowest BCUT2D eigenvalue weighted by molar-refractivity contribution is -0.142. The highest BCUT2D eigenvalue weighted by Crippen LogP contribution is 2.28. The number of aliphatic carboxylic acids is 1. The number of hydrogen-bond donors (Lipinski definition) is 2. The Morgan fingerprint density at radius 3 is 2.31 bits per heavy atom. The van der Waals surface area contributed by atoms with Crippen molar-refractivity contribution in [2.45, 2.75) is 44.2 Å². The van der Waals surface area contributed by atoms with Gasteiger partial charge >= 0.3 is 5.97 Å². The van der Waals surface area contributed by atoms with Gasteiger partial charge in [-0.1, -0.05) is 42.5 Å². The molecule has 0 radical (unpaired) electrons. The summed E-state index contributed by atoms with van der Waals surface area (Å²) in [6.07, 6.45) is 4.25. The Bertz CT molecular complexity index is 691. The van der Waals surface area contributed by atoms with Gasteiger partial charge in [-0.15, -0.1) is 0 Å². The topological polar surface area (TPSA) is 58.6 Å². The molecule has 2 aromatic rings. The highest BCUT2D eigenvalue weighted by atomic mass is 16.5. The van der Waals surface area contributed by atoms with Gasteiger partial charge in [0.25, 0.3) is 0 Å². The van der Waals surface area contributed by atoms with E-state index in [1.54, 1.807) is 7.11 Å². The van der Waals surface area contributed by atoms with E-state index in [-0.39, 0.29) is 12.0 Å². The molecule has 2 N–H and O–H groups in total. The van der Waals surface area contributed by atoms with Gasteiger partial charge in [-0.3, -0.25) is 4.79 Å². The van der Waals surface area contributed by atoms with Crippen LogP contribution in [0.5, 0.6) is 5.75 Å². The van der Waals surface area contributed by atoms with Crippen LogP contribution in [0.15, 0.2) is 54.6 Å². The molecule has 4 heteroatoms. The van der Waals surface area contributed by atoms with E-state index in [2.05, 4.69) is 41.7 Å². The Labute approximate surface area is 155 Å². The molecule has 1 atom stereocenters. The first-order valence-corrected chi connectivity index (χ1v) is 9.32. The lowest BCUT2D eigenvalue weighted by Gasteiger charge is -2.31. The van der Waals surface area contributed by atoms with Crippen LogP contribution in [0.3, 0.4) is 0 Å². The Morgan fingerprint density at radius 1 is 1.08 bits per heavy atom. The minimum Gasteiger partial charge on any atom is -0.497 e. The van der Waals surface area contributed by atoms with Gasteiger partial charge in [-0.2, -0.15) is 0 Å². The molecule has 1 unspecified atom stereocenters. The van der Waals surface area contributed by atoms with Crippen LogP contribution in [-0.4, -0.2) is 24.2 Å². The van der Waals surface area contributed by atoms with Crippen molar-refractivity contribution >= 4 is 5.97 Å². The van der Waals surface area contributed by atoms with Gasteiger partial charge in [0.2, 0.25) is 0 Å². The second-order valence-corrected chi connectivity index (χ2v) is 7.07. The Balaban J connectivity index is 1.71. The number of nitrogens with one attached hydrogen (secondary N) is 1. The molecule has 1 aliphatic carbocycles. The Hall–Kier alpha value is -2.33. The molecule has 0 bridgehead atoms. The maximum absolute atomic E-state index is 11.2. The minimum absolute atomic E-state index is 0.179. The summed E-state index contributed by atoms with van der Waals surface area (Å²) in [7, 11) is 1.68. The van der Waals surface area contributed by atoms with Gasteiger partial charge in [0.1, 0.15) is 5.75 Å². The van der Waals surface area contributed by atoms with Gasteiger partial charge in [0.15, 0.2) is 0 Å². The minimum atomic E-state index is -0.653. The maximum Gasteiger partial charge on any atom is 0.306 e. The zero-order valence-corrected chi connectivity index (χ0v) is 15.2. The van der Waals surface area contributed by atoms with Crippen molar-refractivity contribution in [3.8, 4) is 5.75 Å². The standard InChI is InChI=1S/C22H27NO3/c1-26-20-13-9-17(10-14-20)21(15-16-5-3-2-4-6-16)23-19-11-7-18(8-12-19)22(24)25/h2-6,9-10,13-14,18-19,21,23H,7-8,11-12,15H2,1H3,(H,24,25). The third kappa shape index (κ3) is 4.85. The van der Waals surface area contributed by atoms with Gasteiger partial charge < -0.3 is 15.2 Å². The van der Waals surface area contributed by atoms with E-state index >= 15 is 0 Å². The summed E-state index contributed by atoms with van der Waals surface area (Å²) in [6, 6.07) is 19.3. The monoisotopic (exact) mass is 353 g/mol. The predicted molar refractivity (Wildman–Crippen MR) is 102 cm³/mol. The molecule has 3 rings (SSSR count). The Kier molecular flexibility index (Phi) is 6.29. The summed E-state index contributed by atoms with van der Waals surface area (Å²) < 4.78 is 5.28.